The molecule has 0 fully saturated rings. The minimum absolute atomic E-state index is 0.231. The number of hydrogen-bond donors (Lipinski definition) is 0. The van der Waals surface area contributed by atoms with Crippen LogP contribution in [0.5, 0.6) is 0 Å². The van der Waals surface area contributed by atoms with Gasteiger partial charge in [-0.15, -0.1) is 0 Å². The zero-order chi connectivity index (χ0) is 17.5. The van der Waals surface area contributed by atoms with Gasteiger partial charge in [-0.25, -0.2) is 9.18 Å². The average Bonchev–Trinajstić information content (AvgIpc) is 2.96. The number of ether oxygens (including phenoxy) is 1. The average molecular weight is 443 g/mol. The van der Waals surface area contributed by atoms with E-state index in [1.807, 2.05) is 22.6 Å². The first-order chi connectivity index (χ1) is 11.4. The van der Waals surface area contributed by atoms with Crippen LogP contribution in [-0.4, -0.2) is 30.4 Å². The molecule has 0 saturated heterocycles. The minimum atomic E-state index is -0.645. The topological polar surface area (TPSA) is 59.8 Å². The van der Waals surface area contributed by atoms with E-state index in [1.54, 1.807) is 31.3 Å². The lowest BCUT2D eigenvalue weighted by atomic mass is 10.2. The lowest BCUT2D eigenvalue weighted by Gasteiger charge is -2.17. The molecule has 126 valence electrons. The summed E-state index contributed by atoms with van der Waals surface area (Å²) in [5, 5.41) is 0. The van der Waals surface area contributed by atoms with Crippen LogP contribution in [0.25, 0.3) is 6.08 Å². The van der Waals surface area contributed by atoms with Gasteiger partial charge in [-0.3, -0.25) is 4.79 Å². The van der Waals surface area contributed by atoms with Gasteiger partial charge in [0.1, 0.15) is 11.6 Å². The molecular formula is C17H15FINO4. The molecule has 0 radical (unpaired) electrons. The fourth-order valence-electron chi connectivity index (χ4n) is 1.86. The molecule has 1 aromatic carbocycles. The van der Waals surface area contributed by atoms with Gasteiger partial charge in [-0.05, 0) is 58.5 Å². The Labute approximate surface area is 152 Å². The van der Waals surface area contributed by atoms with Crippen LogP contribution in [0, 0.1) is 9.58 Å². The fourth-order valence-corrected chi connectivity index (χ4v) is 2.29. The molecule has 2 aromatic rings. The summed E-state index contributed by atoms with van der Waals surface area (Å²) >= 11 is 2.01. The molecule has 0 bridgehead atoms. The third-order valence-corrected chi connectivity index (χ3v) is 3.63. The summed E-state index contributed by atoms with van der Waals surface area (Å²) in [5.41, 5.74) is 0.657. The molecule has 2 rings (SSSR count). The van der Waals surface area contributed by atoms with E-state index in [-0.39, 0.29) is 24.9 Å². The Hall–Kier alpha value is -2.16. The van der Waals surface area contributed by atoms with Crippen molar-refractivity contribution >= 4 is 40.5 Å². The third-order valence-electron chi connectivity index (χ3n) is 3.05. The smallest absolute Gasteiger partial charge is 0.331 e. The minimum Gasteiger partial charge on any atom is -0.452 e. The van der Waals surface area contributed by atoms with Gasteiger partial charge in [0.05, 0.1) is 0 Å². The number of amides is 1. The molecule has 0 atom stereocenters. The number of carbonyl (C=O) groups is 2. The van der Waals surface area contributed by atoms with Crippen molar-refractivity contribution in [3.8, 4) is 0 Å². The van der Waals surface area contributed by atoms with Gasteiger partial charge in [0.25, 0.3) is 5.91 Å². The Morgan fingerprint density at radius 3 is 2.79 bits per heavy atom. The number of hydrogen-bond acceptors (Lipinski definition) is 4. The van der Waals surface area contributed by atoms with Crippen molar-refractivity contribution in [2.45, 2.75) is 6.54 Å². The van der Waals surface area contributed by atoms with Crippen LogP contribution >= 0.6 is 22.6 Å². The van der Waals surface area contributed by atoms with Gasteiger partial charge >= 0.3 is 5.97 Å². The Bertz CT molecular complexity index is 757. The summed E-state index contributed by atoms with van der Waals surface area (Å²) < 4.78 is 24.0. The lowest BCUT2D eigenvalue weighted by molar-refractivity contribution is -0.147. The number of esters is 1. The van der Waals surface area contributed by atoms with Crippen molar-refractivity contribution in [2.75, 3.05) is 13.7 Å². The first-order valence-corrected chi connectivity index (χ1v) is 8.10. The van der Waals surface area contributed by atoms with Crippen LogP contribution in [-0.2, 0) is 20.9 Å². The van der Waals surface area contributed by atoms with E-state index in [1.165, 1.54) is 29.2 Å². The fraction of sp³-hybridized carbons (Fsp3) is 0.176. The van der Waals surface area contributed by atoms with Gasteiger partial charge in [-0.1, -0.05) is 12.1 Å². The number of furan rings is 1. The quantitative estimate of drug-likeness (QED) is 0.391. The summed E-state index contributed by atoms with van der Waals surface area (Å²) in [6.45, 7) is -0.153. The number of halogens is 2. The molecule has 24 heavy (non-hydrogen) atoms. The number of rotatable bonds is 6. The largest absolute Gasteiger partial charge is 0.452 e. The second-order valence-electron chi connectivity index (χ2n) is 4.96. The predicted molar refractivity (Wildman–Crippen MR) is 94.3 cm³/mol. The molecule has 1 amide bonds. The number of carbonyl (C=O) groups excluding carboxylic acids is 2. The molecule has 5 nitrogen and oxygen atoms in total. The first kappa shape index (κ1) is 18.2. The van der Waals surface area contributed by atoms with Gasteiger partial charge < -0.3 is 14.1 Å². The summed E-state index contributed by atoms with van der Waals surface area (Å²) in [6.07, 6.45) is 2.65. The van der Waals surface area contributed by atoms with Crippen LogP contribution in [0.15, 0.2) is 46.9 Å². The second-order valence-corrected chi connectivity index (χ2v) is 6.03. The summed E-state index contributed by atoms with van der Waals surface area (Å²) in [4.78, 5) is 24.9. The highest BCUT2D eigenvalue weighted by Gasteiger charge is 2.11. The molecule has 0 unspecified atom stereocenters. The maximum absolute atomic E-state index is 13.1. The molecule has 7 heteroatoms. The number of nitrogens with zero attached hydrogens (tertiary/aromatic N) is 1. The maximum atomic E-state index is 13.1. The summed E-state index contributed by atoms with van der Waals surface area (Å²) in [5.74, 6) is -0.870. The third kappa shape index (κ3) is 5.80. The molecule has 0 spiro atoms. The van der Waals surface area contributed by atoms with Crippen LogP contribution in [0.4, 0.5) is 4.39 Å². The molecule has 0 aliphatic carbocycles. The molecule has 0 N–H and O–H groups in total. The van der Waals surface area contributed by atoms with Crippen molar-refractivity contribution < 1.29 is 23.1 Å². The Kier molecular flexibility index (Phi) is 6.53. The van der Waals surface area contributed by atoms with Crippen molar-refractivity contribution in [3.05, 3.63) is 63.4 Å². The molecular weight excluding hydrogens is 428 g/mol. The predicted octanol–water partition coefficient (Wildman–Crippen LogP) is 3.24. The summed E-state index contributed by atoms with van der Waals surface area (Å²) in [7, 11) is 1.56. The molecule has 1 aromatic heterocycles. The van der Waals surface area contributed by atoms with Crippen molar-refractivity contribution in [1.29, 1.82) is 0 Å². The SMILES string of the molecule is CN(Cc1cccc(F)c1)C(=O)COC(=O)/C=C/c1ccc(I)o1. The molecule has 0 aliphatic heterocycles. The van der Waals surface area contributed by atoms with Crippen LogP contribution in [0.1, 0.15) is 11.3 Å². The van der Waals surface area contributed by atoms with E-state index in [9.17, 15) is 14.0 Å². The molecule has 0 saturated carbocycles. The van der Waals surface area contributed by atoms with E-state index in [0.29, 0.717) is 15.1 Å². The zero-order valence-electron chi connectivity index (χ0n) is 12.9. The number of benzene rings is 1. The molecule has 1 heterocycles. The zero-order valence-corrected chi connectivity index (χ0v) is 15.0. The van der Waals surface area contributed by atoms with E-state index in [0.717, 1.165) is 0 Å². The van der Waals surface area contributed by atoms with Crippen LogP contribution in [0.3, 0.4) is 0 Å². The van der Waals surface area contributed by atoms with Crippen molar-refractivity contribution in [3.63, 3.8) is 0 Å². The van der Waals surface area contributed by atoms with Gasteiger partial charge in [-0.2, -0.15) is 0 Å². The van der Waals surface area contributed by atoms with Gasteiger partial charge in [0.15, 0.2) is 10.4 Å². The van der Waals surface area contributed by atoms with E-state index in [4.69, 9.17) is 9.15 Å². The maximum Gasteiger partial charge on any atom is 0.331 e. The highest BCUT2D eigenvalue weighted by molar-refractivity contribution is 14.1. The highest BCUT2D eigenvalue weighted by atomic mass is 127. The Morgan fingerprint density at radius 1 is 1.33 bits per heavy atom. The Morgan fingerprint density at radius 2 is 2.12 bits per heavy atom. The van der Waals surface area contributed by atoms with Crippen LogP contribution < -0.4 is 0 Å². The second kappa shape index (κ2) is 8.62. The summed E-state index contributed by atoms with van der Waals surface area (Å²) in [6, 6.07) is 9.44. The van der Waals surface area contributed by atoms with E-state index >= 15 is 0 Å². The van der Waals surface area contributed by atoms with Crippen LogP contribution in [0.2, 0.25) is 0 Å². The normalized spacial score (nSPS) is 10.8. The standard InChI is InChI=1S/C17H15FINO4/c1-20(10-12-3-2-4-13(18)9-12)16(21)11-23-17(22)8-6-14-5-7-15(19)24-14/h2-9H,10-11H2,1H3/b8-6+. The van der Waals surface area contributed by atoms with E-state index in [2.05, 4.69) is 0 Å². The van der Waals surface area contributed by atoms with Crippen molar-refractivity contribution in [2.24, 2.45) is 0 Å². The van der Waals surface area contributed by atoms with Gasteiger partial charge in [0, 0.05) is 19.7 Å². The highest BCUT2D eigenvalue weighted by Crippen LogP contribution is 2.11. The first-order valence-electron chi connectivity index (χ1n) is 7.02. The number of likely N-dealkylation sites (N-methyl/N-ethyl adjacent to an activating group) is 1. The molecule has 0 aliphatic rings. The monoisotopic (exact) mass is 443 g/mol. The van der Waals surface area contributed by atoms with E-state index < -0.39 is 5.97 Å². The Balaban J connectivity index is 1.79. The van der Waals surface area contributed by atoms with Crippen molar-refractivity contribution in [1.82, 2.24) is 4.90 Å². The lowest BCUT2D eigenvalue weighted by Crippen LogP contribution is -2.30. The van der Waals surface area contributed by atoms with Gasteiger partial charge in [0.2, 0.25) is 0 Å².